The standard InChI is InChI=1S/C26H27ClN2O5S/c27-23-12-14-24(15-13-23)35(33,34)29(18-4-7-20-5-2-1-3-6-20)19-21-8-10-22(11-9-21)26(32)28-17-16-25(30)31/h1-3,5-6,8-15H,4,7,16-19H2,(H,28,32)(H,30,31). The maximum atomic E-state index is 13.4. The van der Waals surface area contributed by atoms with Crippen LogP contribution in [0.15, 0.2) is 83.8 Å². The predicted molar refractivity (Wildman–Crippen MR) is 135 cm³/mol. The van der Waals surface area contributed by atoms with Crippen LogP contribution in [-0.4, -0.2) is 42.8 Å². The van der Waals surface area contributed by atoms with E-state index in [2.05, 4.69) is 5.32 Å². The molecule has 2 N–H and O–H groups in total. The molecule has 3 aromatic carbocycles. The number of hydrogen-bond acceptors (Lipinski definition) is 4. The molecule has 0 saturated carbocycles. The molecule has 7 nitrogen and oxygen atoms in total. The van der Waals surface area contributed by atoms with E-state index in [-0.39, 0.29) is 30.3 Å². The molecule has 0 radical (unpaired) electrons. The summed E-state index contributed by atoms with van der Waals surface area (Å²) < 4.78 is 28.3. The van der Waals surface area contributed by atoms with Crippen LogP contribution in [0.5, 0.6) is 0 Å². The summed E-state index contributed by atoms with van der Waals surface area (Å²) in [6.45, 7) is 0.488. The zero-order valence-electron chi connectivity index (χ0n) is 19.1. The Bertz CT molecular complexity index is 1230. The molecule has 0 aromatic heterocycles. The molecule has 0 aliphatic carbocycles. The SMILES string of the molecule is O=C(O)CCNC(=O)c1ccc(CN(CCCc2ccccc2)S(=O)(=O)c2ccc(Cl)cc2)cc1. The van der Waals surface area contributed by atoms with E-state index in [4.69, 9.17) is 16.7 Å². The predicted octanol–water partition coefficient (Wildman–Crippen LogP) is 4.37. The molecule has 35 heavy (non-hydrogen) atoms. The fraction of sp³-hybridized carbons (Fsp3) is 0.231. The van der Waals surface area contributed by atoms with Crippen LogP contribution >= 0.6 is 11.6 Å². The molecule has 0 saturated heterocycles. The lowest BCUT2D eigenvalue weighted by Gasteiger charge is -2.23. The number of rotatable bonds is 12. The van der Waals surface area contributed by atoms with Gasteiger partial charge in [0.25, 0.3) is 5.91 Å². The molecule has 0 unspecified atom stereocenters. The smallest absolute Gasteiger partial charge is 0.305 e. The van der Waals surface area contributed by atoms with Gasteiger partial charge >= 0.3 is 5.97 Å². The van der Waals surface area contributed by atoms with Gasteiger partial charge in [0.1, 0.15) is 0 Å². The highest BCUT2D eigenvalue weighted by molar-refractivity contribution is 7.89. The van der Waals surface area contributed by atoms with Crippen LogP contribution < -0.4 is 5.32 Å². The van der Waals surface area contributed by atoms with E-state index >= 15 is 0 Å². The zero-order valence-corrected chi connectivity index (χ0v) is 20.6. The Morgan fingerprint density at radius 2 is 1.54 bits per heavy atom. The minimum absolute atomic E-state index is 0.0322. The molecule has 0 fully saturated rings. The first-order valence-corrected chi connectivity index (χ1v) is 13.0. The minimum atomic E-state index is -3.78. The van der Waals surface area contributed by atoms with Crippen molar-refractivity contribution in [2.45, 2.75) is 30.7 Å². The number of nitrogens with one attached hydrogen (secondary N) is 1. The maximum Gasteiger partial charge on any atom is 0.305 e. The van der Waals surface area contributed by atoms with Gasteiger partial charge in [-0.3, -0.25) is 9.59 Å². The van der Waals surface area contributed by atoms with E-state index in [0.29, 0.717) is 23.6 Å². The highest BCUT2D eigenvalue weighted by Gasteiger charge is 2.24. The second-order valence-electron chi connectivity index (χ2n) is 7.98. The first-order valence-electron chi connectivity index (χ1n) is 11.1. The maximum absolute atomic E-state index is 13.4. The summed E-state index contributed by atoms with van der Waals surface area (Å²) in [4.78, 5) is 23.0. The number of aryl methyl sites for hydroxylation is 1. The van der Waals surface area contributed by atoms with E-state index in [1.54, 1.807) is 36.4 Å². The summed E-state index contributed by atoms with van der Waals surface area (Å²) in [6, 6.07) is 22.6. The number of aliphatic carboxylic acids is 1. The number of carbonyl (C=O) groups is 2. The molecule has 0 spiro atoms. The van der Waals surface area contributed by atoms with Crippen LogP contribution in [0.2, 0.25) is 5.02 Å². The van der Waals surface area contributed by atoms with Gasteiger partial charge in [-0.25, -0.2) is 8.42 Å². The second kappa shape index (κ2) is 12.5. The fourth-order valence-electron chi connectivity index (χ4n) is 3.49. The first-order chi connectivity index (χ1) is 16.8. The number of carboxylic acids is 1. The van der Waals surface area contributed by atoms with Gasteiger partial charge in [-0.15, -0.1) is 0 Å². The van der Waals surface area contributed by atoms with Crippen molar-refractivity contribution in [3.8, 4) is 0 Å². The summed E-state index contributed by atoms with van der Waals surface area (Å²) in [5, 5.41) is 11.7. The van der Waals surface area contributed by atoms with E-state index in [0.717, 1.165) is 17.5 Å². The van der Waals surface area contributed by atoms with Gasteiger partial charge in [0.15, 0.2) is 0 Å². The number of carbonyl (C=O) groups excluding carboxylic acids is 1. The molecule has 184 valence electrons. The lowest BCUT2D eigenvalue weighted by Crippen LogP contribution is -2.32. The molecule has 3 rings (SSSR count). The number of amides is 1. The molecular weight excluding hydrogens is 488 g/mol. The Hall–Kier alpha value is -3.20. The quantitative estimate of drug-likeness (QED) is 0.373. The van der Waals surface area contributed by atoms with Crippen LogP contribution in [-0.2, 0) is 27.8 Å². The Labute approximate surface area is 210 Å². The Kier molecular flexibility index (Phi) is 9.42. The van der Waals surface area contributed by atoms with Crippen LogP contribution in [0, 0.1) is 0 Å². The highest BCUT2D eigenvalue weighted by atomic mass is 35.5. The lowest BCUT2D eigenvalue weighted by molar-refractivity contribution is -0.136. The van der Waals surface area contributed by atoms with Gasteiger partial charge in [-0.1, -0.05) is 54.1 Å². The highest BCUT2D eigenvalue weighted by Crippen LogP contribution is 2.21. The summed E-state index contributed by atoms with van der Waals surface area (Å²) >= 11 is 5.94. The van der Waals surface area contributed by atoms with Gasteiger partial charge in [0.05, 0.1) is 11.3 Å². The Morgan fingerprint density at radius 3 is 2.17 bits per heavy atom. The third-order valence-electron chi connectivity index (χ3n) is 5.37. The molecular formula is C26H27ClN2O5S. The lowest BCUT2D eigenvalue weighted by atomic mass is 10.1. The average Bonchev–Trinajstić information content (AvgIpc) is 2.84. The largest absolute Gasteiger partial charge is 0.481 e. The number of nitrogens with zero attached hydrogens (tertiary/aromatic N) is 1. The Morgan fingerprint density at radius 1 is 0.886 bits per heavy atom. The van der Waals surface area contributed by atoms with Gasteiger partial charge in [0, 0.05) is 30.2 Å². The van der Waals surface area contributed by atoms with Crippen molar-refractivity contribution in [2.75, 3.05) is 13.1 Å². The number of benzene rings is 3. The van der Waals surface area contributed by atoms with E-state index in [1.165, 1.54) is 16.4 Å². The van der Waals surface area contributed by atoms with Crippen molar-refractivity contribution in [1.82, 2.24) is 9.62 Å². The normalized spacial score (nSPS) is 11.4. The number of carboxylic acid groups (broad SMARTS) is 1. The molecule has 3 aromatic rings. The first kappa shape index (κ1) is 26.4. The van der Waals surface area contributed by atoms with E-state index < -0.39 is 16.0 Å². The minimum Gasteiger partial charge on any atom is -0.481 e. The number of hydrogen-bond donors (Lipinski definition) is 2. The average molecular weight is 515 g/mol. The van der Waals surface area contributed by atoms with Crippen molar-refractivity contribution in [1.29, 1.82) is 0 Å². The van der Waals surface area contributed by atoms with Crippen LogP contribution in [0.4, 0.5) is 0 Å². The molecule has 0 atom stereocenters. The van der Waals surface area contributed by atoms with Crippen LogP contribution in [0.1, 0.15) is 34.3 Å². The van der Waals surface area contributed by atoms with Gasteiger partial charge < -0.3 is 10.4 Å². The Balaban J connectivity index is 1.73. The van der Waals surface area contributed by atoms with Crippen molar-refractivity contribution in [3.63, 3.8) is 0 Å². The molecule has 0 aliphatic rings. The topological polar surface area (TPSA) is 104 Å². The fourth-order valence-corrected chi connectivity index (χ4v) is 5.09. The van der Waals surface area contributed by atoms with Gasteiger partial charge in [-0.2, -0.15) is 4.31 Å². The van der Waals surface area contributed by atoms with Crippen LogP contribution in [0.3, 0.4) is 0 Å². The third kappa shape index (κ3) is 7.92. The molecule has 0 heterocycles. The molecule has 9 heteroatoms. The third-order valence-corrected chi connectivity index (χ3v) is 7.48. The molecule has 1 amide bonds. The van der Waals surface area contributed by atoms with Crippen molar-refractivity contribution < 1.29 is 23.1 Å². The summed E-state index contributed by atoms with van der Waals surface area (Å²) in [5.41, 5.74) is 2.23. The van der Waals surface area contributed by atoms with Crippen LogP contribution in [0.25, 0.3) is 0 Å². The van der Waals surface area contributed by atoms with Crippen molar-refractivity contribution >= 4 is 33.5 Å². The summed E-state index contributed by atoms with van der Waals surface area (Å²) in [6.07, 6.45) is 1.22. The summed E-state index contributed by atoms with van der Waals surface area (Å²) in [5.74, 6) is -1.37. The number of halogens is 1. The second-order valence-corrected chi connectivity index (χ2v) is 10.4. The molecule has 0 bridgehead atoms. The van der Waals surface area contributed by atoms with E-state index in [9.17, 15) is 18.0 Å². The monoisotopic (exact) mass is 514 g/mol. The zero-order chi connectivity index (χ0) is 25.3. The van der Waals surface area contributed by atoms with Gasteiger partial charge in [-0.05, 0) is 60.4 Å². The summed E-state index contributed by atoms with van der Waals surface area (Å²) in [7, 11) is -3.78. The number of sulfonamides is 1. The molecule has 0 aliphatic heterocycles. The van der Waals surface area contributed by atoms with Gasteiger partial charge in [0.2, 0.25) is 10.0 Å². The van der Waals surface area contributed by atoms with Crippen molar-refractivity contribution in [3.05, 3.63) is 101 Å². The van der Waals surface area contributed by atoms with E-state index in [1.807, 2.05) is 30.3 Å². The van der Waals surface area contributed by atoms with Crippen molar-refractivity contribution in [2.24, 2.45) is 0 Å².